The van der Waals surface area contributed by atoms with E-state index in [4.69, 9.17) is 0 Å². The average molecular weight is 232 g/mol. The minimum Gasteiger partial charge on any atom is -0.316 e. The lowest BCUT2D eigenvalue weighted by atomic mass is 10.00. The number of hydrogen-bond acceptors (Lipinski definition) is 3. The molecule has 4 heteroatoms. The Morgan fingerprint density at radius 3 is 2.88 bits per heavy atom. The summed E-state index contributed by atoms with van der Waals surface area (Å²) in [5.74, 6) is -0.0328. The highest BCUT2D eigenvalue weighted by Crippen LogP contribution is 2.43. The number of carbonyl (C=O) groups is 1. The lowest BCUT2D eigenvalue weighted by Crippen LogP contribution is -2.45. The van der Waals surface area contributed by atoms with Gasteiger partial charge < -0.3 is 4.90 Å². The van der Waals surface area contributed by atoms with Gasteiger partial charge in [-0.2, -0.15) is 4.99 Å². The van der Waals surface area contributed by atoms with E-state index >= 15 is 0 Å². The molecule has 0 saturated carbocycles. The van der Waals surface area contributed by atoms with Crippen molar-refractivity contribution in [2.24, 2.45) is 10.9 Å². The van der Waals surface area contributed by atoms with Crippen molar-refractivity contribution >= 4 is 28.5 Å². The highest BCUT2D eigenvalue weighted by molar-refractivity contribution is 8.14. The summed E-state index contributed by atoms with van der Waals surface area (Å²) < 4.78 is 0. The molecule has 0 aliphatic carbocycles. The number of amidine groups is 1. The smallest absolute Gasteiger partial charge is 0.253 e. The van der Waals surface area contributed by atoms with Crippen LogP contribution in [0.3, 0.4) is 0 Å². The summed E-state index contributed by atoms with van der Waals surface area (Å²) in [5.41, 5.74) is 1.18. The molecule has 2 aliphatic rings. The minimum absolute atomic E-state index is 0.000874. The fourth-order valence-electron chi connectivity index (χ4n) is 2.09. The Bertz CT molecular complexity index is 498. The van der Waals surface area contributed by atoms with Crippen LogP contribution in [0.5, 0.6) is 0 Å². The van der Waals surface area contributed by atoms with Crippen LogP contribution < -0.4 is 4.90 Å². The Labute approximate surface area is 98.5 Å². The SMILES string of the molecule is C[C@@H]1C(=O)N=C2Sc3ccccc3N2[C@H]1C. The number of para-hydroxylation sites is 1. The molecule has 0 unspecified atom stereocenters. The first-order chi connectivity index (χ1) is 7.68. The second-order valence-corrected chi connectivity index (χ2v) is 5.21. The minimum atomic E-state index is -0.0319. The third-order valence-corrected chi connectivity index (χ3v) is 4.29. The number of amides is 1. The second kappa shape index (κ2) is 3.35. The Hall–Kier alpha value is -1.29. The maximum atomic E-state index is 11.7. The van der Waals surface area contributed by atoms with Crippen molar-refractivity contribution in [3.63, 3.8) is 0 Å². The predicted octanol–water partition coefficient (Wildman–Crippen LogP) is 2.52. The second-order valence-electron chi connectivity index (χ2n) is 4.20. The Morgan fingerprint density at radius 2 is 2.06 bits per heavy atom. The molecule has 0 aromatic heterocycles. The van der Waals surface area contributed by atoms with E-state index in [0.717, 1.165) is 5.17 Å². The molecule has 0 N–H and O–H groups in total. The number of aliphatic imine (C=N–C) groups is 1. The van der Waals surface area contributed by atoms with Crippen LogP contribution in [-0.2, 0) is 4.79 Å². The fourth-order valence-corrected chi connectivity index (χ4v) is 3.20. The maximum absolute atomic E-state index is 11.7. The maximum Gasteiger partial charge on any atom is 0.253 e. The van der Waals surface area contributed by atoms with Gasteiger partial charge in [0.05, 0.1) is 11.6 Å². The first kappa shape index (κ1) is 9.90. The molecule has 1 aromatic carbocycles. The van der Waals surface area contributed by atoms with Gasteiger partial charge in [-0.05, 0) is 30.8 Å². The van der Waals surface area contributed by atoms with E-state index in [1.165, 1.54) is 10.6 Å². The molecule has 0 radical (unpaired) electrons. The van der Waals surface area contributed by atoms with E-state index in [0.29, 0.717) is 0 Å². The van der Waals surface area contributed by atoms with Crippen LogP contribution in [0.4, 0.5) is 5.69 Å². The Kier molecular flexibility index (Phi) is 2.07. The van der Waals surface area contributed by atoms with Gasteiger partial charge in [-0.15, -0.1) is 0 Å². The van der Waals surface area contributed by atoms with E-state index in [1.54, 1.807) is 11.8 Å². The number of anilines is 1. The number of thioether (sulfide) groups is 1. The van der Waals surface area contributed by atoms with E-state index in [1.807, 2.05) is 19.1 Å². The van der Waals surface area contributed by atoms with Gasteiger partial charge in [0.1, 0.15) is 0 Å². The molecule has 0 fully saturated rings. The number of hydrogen-bond donors (Lipinski definition) is 0. The highest BCUT2D eigenvalue weighted by atomic mass is 32.2. The number of nitrogens with zero attached hydrogens (tertiary/aromatic N) is 2. The Balaban J connectivity index is 2.14. The third-order valence-electron chi connectivity index (χ3n) is 3.26. The first-order valence-corrected chi connectivity index (χ1v) is 6.19. The molecule has 0 bridgehead atoms. The lowest BCUT2D eigenvalue weighted by molar-refractivity contribution is -0.121. The van der Waals surface area contributed by atoms with Gasteiger partial charge in [0.15, 0.2) is 5.17 Å². The van der Waals surface area contributed by atoms with Crippen molar-refractivity contribution in [3.05, 3.63) is 24.3 Å². The summed E-state index contributed by atoms with van der Waals surface area (Å²) >= 11 is 1.58. The van der Waals surface area contributed by atoms with Gasteiger partial charge in [-0.1, -0.05) is 19.1 Å². The summed E-state index contributed by atoms with van der Waals surface area (Å²) in [4.78, 5) is 19.2. The molecule has 0 spiro atoms. The lowest BCUT2D eigenvalue weighted by Gasteiger charge is -2.33. The molecule has 1 aromatic rings. The van der Waals surface area contributed by atoms with Crippen LogP contribution in [0, 0.1) is 5.92 Å². The zero-order valence-electron chi connectivity index (χ0n) is 9.18. The average Bonchev–Trinajstić information content (AvgIpc) is 2.64. The zero-order chi connectivity index (χ0) is 11.3. The number of carbonyl (C=O) groups excluding carboxylic acids is 1. The fraction of sp³-hybridized carbons (Fsp3) is 0.333. The molecular weight excluding hydrogens is 220 g/mol. The van der Waals surface area contributed by atoms with E-state index in [9.17, 15) is 4.79 Å². The summed E-state index contributed by atoms with van der Waals surface area (Å²) in [7, 11) is 0. The zero-order valence-corrected chi connectivity index (χ0v) is 9.99. The van der Waals surface area contributed by atoms with Crippen LogP contribution in [0.1, 0.15) is 13.8 Å². The van der Waals surface area contributed by atoms with Crippen molar-refractivity contribution in [1.82, 2.24) is 0 Å². The predicted molar refractivity (Wildman–Crippen MR) is 65.8 cm³/mol. The molecule has 0 saturated heterocycles. The topological polar surface area (TPSA) is 32.7 Å². The van der Waals surface area contributed by atoms with Crippen molar-refractivity contribution in [2.45, 2.75) is 24.8 Å². The quantitative estimate of drug-likeness (QED) is 0.689. The third kappa shape index (κ3) is 1.23. The molecule has 2 heterocycles. The van der Waals surface area contributed by atoms with E-state index < -0.39 is 0 Å². The van der Waals surface area contributed by atoms with Crippen molar-refractivity contribution < 1.29 is 4.79 Å². The van der Waals surface area contributed by atoms with E-state index in [-0.39, 0.29) is 17.9 Å². The molecule has 3 nitrogen and oxygen atoms in total. The number of benzene rings is 1. The van der Waals surface area contributed by atoms with Gasteiger partial charge in [0.2, 0.25) is 0 Å². The summed E-state index contributed by atoms with van der Waals surface area (Å²) in [5, 5.41) is 0.830. The molecule has 16 heavy (non-hydrogen) atoms. The molecular formula is C12H12N2OS. The Morgan fingerprint density at radius 1 is 1.31 bits per heavy atom. The summed E-state index contributed by atoms with van der Waals surface area (Å²) in [6, 6.07) is 8.39. The van der Waals surface area contributed by atoms with Crippen LogP contribution in [-0.4, -0.2) is 17.1 Å². The van der Waals surface area contributed by atoms with Crippen LogP contribution in [0.2, 0.25) is 0 Å². The summed E-state index contributed by atoms with van der Waals surface area (Å²) in [6.45, 7) is 4.03. The molecule has 3 rings (SSSR count). The standard InChI is InChI=1S/C12H12N2OS/c1-7-8(2)14-9-5-3-4-6-10(9)16-12(14)13-11(7)15/h3-8H,1-2H3/t7-,8-/m0/s1. The largest absolute Gasteiger partial charge is 0.316 e. The van der Waals surface area contributed by atoms with Crippen molar-refractivity contribution in [2.75, 3.05) is 4.90 Å². The van der Waals surface area contributed by atoms with Crippen LogP contribution >= 0.6 is 11.8 Å². The van der Waals surface area contributed by atoms with Crippen molar-refractivity contribution in [3.8, 4) is 0 Å². The van der Waals surface area contributed by atoms with E-state index in [2.05, 4.69) is 28.9 Å². The molecule has 1 amide bonds. The molecule has 82 valence electrons. The number of fused-ring (bicyclic) bond motifs is 3. The molecule has 2 atom stereocenters. The van der Waals surface area contributed by atoms with Crippen LogP contribution in [0.25, 0.3) is 0 Å². The van der Waals surface area contributed by atoms with Gasteiger partial charge in [0, 0.05) is 10.9 Å². The number of rotatable bonds is 0. The van der Waals surface area contributed by atoms with Gasteiger partial charge in [-0.25, -0.2) is 0 Å². The van der Waals surface area contributed by atoms with Gasteiger partial charge in [0.25, 0.3) is 5.91 Å². The van der Waals surface area contributed by atoms with Crippen molar-refractivity contribution in [1.29, 1.82) is 0 Å². The molecule has 2 aliphatic heterocycles. The van der Waals surface area contributed by atoms with Gasteiger partial charge >= 0.3 is 0 Å². The first-order valence-electron chi connectivity index (χ1n) is 5.37. The monoisotopic (exact) mass is 232 g/mol. The highest BCUT2D eigenvalue weighted by Gasteiger charge is 2.39. The van der Waals surface area contributed by atoms with Crippen LogP contribution in [0.15, 0.2) is 34.2 Å². The normalized spacial score (nSPS) is 27.5. The summed E-state index contributed by atoms with van der Waals surface area (Å²) in [6.07, 6.45) is 0. The van der Waals surface area contributed by atoms with Gasteiger partial charge in [-0.3, -0.25) is 4.79 Å².